The second kappa shape index (κ2) is 5.93. The van der Waals surface area contributed by atoms with E-state index in [1.54, 1.807) is 14.2 Å². The zero-order valence-electron chi connectivity index (χ0n) is 11.3. The first-order chi connectivity index (χ1) is 9.13. The van der Waals surface area contributed by atoms with Crippen molar-refractivity contribution in [1.82, 2.24) is 4.90 Å². The SMILES string of the molecule is COc1cc2c(c(OC)c1)CN(CCC(=O)O)CC2. The average molecular weight is 265 g/mol. The number of ether oxygens (including phenoxy) is 2. The number of hydrogen-bond donors (Lipinski definition) is 1. The molecule has 1 aliphatic heterocycles. The van der Waals surface area contributed by atoms with Crippen LogP contribution in [0.4, 0.5) is 0 Å². The zero-order chi connectivity index (χ0) is 13.8. The molecule has 5 heteroatoms. The normalized spacial score (nSPS) is 14.8. The number of carbonyl (C=O) groups is 1. The van der Waals surface area contributed by atoms with Gasteiger partial charge in [-0.2, -0.15) is 0 Å². The summed E-state index contributed by atoms with van der Waals surface area (Å²) in [4.78, 5) is 12.8. The molecule has 104 valence electrons. The first-order valence-corrected chi connectivity index (χ1v) is 6.32. The number of aliphatic carboxylic acids is 1. The molecular weight excluding hydrogens is 246 g/mol. The van der Waals surface area contributed by atoms with Crippen LogP contribution in [0.15, 0.2) is 12.1 Å². The van der Waals surface area contributed by atoms with Crippen LogP contribution in [-0.4, -0.2) is 43.3 Å². The fourth-order valence-electron chi connectivity index (χ4n) is 2.40. The van der Waals surface area contributed by atoms with E-state index in [1.165, 1.54) is 5.56 Å². The summed E-state index contributed by atoms with van der Waals surface area (Å²) in [6.07, 6.45) is 1.07. The van der Waals surface area contributed by atoms with Gasteiger partial charge in [0, 0.05) is 31.3 Å². The van der Waals surface area contributed by atoms with Gasteiger partial charge in [-0.15, -0.1) is 0 Å². The highest BCUT2D eigenvalue weighted by atomic mass is 16.5. The van der Waals surface area contributed by atoms with Gasteiger partial charge in [-0.05, 0) is 18.1 Å². The summed E-state index contributed by atoms with van der Waals surface area (Å²) < 4.78 is 10.7. The Bertz CT molecular complexity index is 456. The molecule has 0 aliphatic carbocycles. The average Bonchev–Trinajstić information content (AvgIpc) is 2.43. The highest BCUT2D eigenvalue weighted by Gasteiger charge is 2.21. The Morgan fingerprint density at radius 2 is 2.16 bits per heavy atom. The van der Waals surface area contributed by atoms with Crippen LogP contribution in [0.5, 0.6) is 11.5 Å². The Kier molecular flexibility index (Phi) is 4.27. The van der Waals surface area contributed by atoms with Gasteiger partial charge in [0.25, 0.3) is 0 Å². The van der Waals surface area contributed by atoms with E-state index in [9.17, 15) is 4.79 Å². The molecule has 1 aromatic carbocycles. The van der Waals surface area contributed by atoms with E-state index < -0.39 is 5.97 Å². The van der Waals surface area contributed by atoms with Gasteiger partial charge in [-0.3, -0.25) is 9.69 Å². The number of rotatable bonds is 5. The second-order valence-corrected chi connectivity index (χ2v) is 4.64. The van der Waals surface area contributed by atoms with Crippen molar-refractivity contribution in [3.63, 3.8) is 0 Å². The highest BCUT2D eigenvalue weighted by Crippen LogP contribution is 2.32. The first-order valence-electron chi connectivity index (χ1n) is 6.32. The van der Waals surface area contributed by atoms with Crippen LogP contribution in [0.1, 0.15) is 17.5 Å². The van der Waals surface area contributed by atoms with Crippen LogP contribution in [-0.2, 0) is 17.8 Å². The van der Waals surface area contributed by atoms with Crippen LogP contribution in [0.3, 0.4) is 0 Å². The predicted octanol–water partition coefficient (Wildman–Crippen LogP) is 1.54. The molecule has 0 unspecified atom stereocenters. The summed E-state index contributed by atoms with van der Waals surface area (Å²) >= 11 is 0. The minimum Gasteiger partial charge on any atom is -0.497 e. The maximum Gasteiger partial charge on any atom is 0.304 e. The maximum absolute atomic E-state index is 10.6. The van der Waals surface area contributed by atoms with E-state index in [-0.39, 0.29) is 6.42 Å². The molecule has 0 fully saturated rings. The Labute approximate surface area is 112 Å². The van der Waals surface area contributed by atoms with Crippen molar-refractivity contribution in [3.8, 4) is 11.5 Å². The first kappa shape index (κ1) is 13.7. The molecule has 2 rings (SSSR count). The standard InChI is InChI=1S/C14H19NO4/c1-18-11-7-10-3-5-15(6-4-14(16)17)9-12(10)13(8-11)19-2/h7-8H,3-6,9H2,1-2H3,(H,16,17). The summed E-state index contributed by atoms with van der Waals surface area (Å²) in [5.41, 5.74) is 2.36. The topological polar surface area (TPSA) is 59.0 Å². The van der Waals surface area contributed by atoms with Gasteiger partial charge in [-0.25, -0.2) is 0 Å². The van der Waals surface area contributed by atoms with Crippen molar-refractivity contribution in [3.05, 3.63) is 23.3 Å². The Morgan fingerprint density at radius 1 is 1.37 bits per heavy atom. The number of hydrogen-bond acceptors (Lipinski definition) is 4. The molecule has 1 N–H and O–H groups in total. The lowest BCUT2D eigenvalue weighted by molar-refractivity contribution is -0.137. The third-order valence-electron chi connectivity index (χ3n) is 3.45. The van der Waals surface area contributed by atoms with Crippen LogP contribution in [0.25, 0.3) is 0 Å². The van der Waals surface area contributed by atoms with E-state index in [2.05, 4.69) is 4.90 Å². The van der Waals surface area contributed by atoms with Crippen LogP contribution < -0.4 is 9.47 Å². The number of fused-ring (bicyclic) bond motifs is 1. The van der Waals surface area contributed by atoms with Crippen molar-refractivity contribution in [2.24, 2.45) is 0 Å². The highest BCUT2D eigenvalue weighted by molar-refractivity contribution is 5.66. The lowest BCUT2D eigenvalue weighted by Crippen LogP contribution is -2.32. The molecule has 0 saturated carbocycles. The largest absolute Gasteiger partial charge is 0.497 e. The number of carboxylic acid groups (broad SMARTS) is 1. The molecule has 0 saturated heterocycles. The lowest BCUT2D eigenvalue weighted by Gasteiger charge is -2.29. The molecule has 0 radical (unpaired) electrons. The molecule has 0 bridgehead atoms. The Balaban J connectivity index is 2.17. The molecule has 19 heavy (non-hydrogen) atoms. The molecule has 0 amide bonds. The van der Waals surface area contributed by atoms with Crippen LogP contribution in [0, 0.1) is 0 Å². The minimum atomic E-state index is -0.757. The molecular formula is C14H19NO4. The quantitative estimate of drug-likeness (QED) is 0.875. The Hall–Kier alpha value is -1.75. The molecule has 1 aliphatic rings. The van der Waals surface area contributed by atoms with E-state index in [0.29, 0.717) is 6.54 Å². The predicted molar refractivity (Wildman–Crippen MR) is 70.8 cm³/mol. The van der Waals surface area contributed by atoms with Gasteiger partial charge in [0.15, 0.2) is 0 Å². The summed E-state index contributed by atoms with van der Waals surface area (Å²) in [7, 11) is 3.29. The molecule has 1 heterocycles. The second-order valence-electron chi connectivity index (χ2n) is 4.64. The number of methoxy groups -OCH3 is 2. The molecule has 0 atom stereocenters. The summed E-state index contributed by atoms with van der Waals surface area (Å²) in [5, 5.41) is 8.74. The van der Waals surface area contributed by atoms with Gasteiger partial charge in [0.1, 0.15) is 11.5 Å². The van der Waals surface area contributed by atoms with E-state index >= 15 is 0 Å². The van der Waals surface area contributed by atoms with Gasteiger partial charge in [0.05, 0.1) is 20.6 Å². The Morgan fingerprint density at radius 3 is 2.79 bits per heavy atom. The van der Waals surface area contributed by atoms with E-state index in [0.717, 1.165) is 36.6 Å². The van der Waals surface area contributed by atoms with E-state index in [1.807, 2.05) is 12.1 Å². The maximum atomic E-state index is 10.6. The van der Waals surface area contributed by atoms with Crippen molar-refractivity contribution < 1.29 is 19.4 Å². The number of nitrogens with zero attached hydrogens (tertiary/aromatic N) is 1. The zero-order valence-corrected chi connectivity index (χ0v) is 11.3. The fraction of sp³-hybridized carbons (Fsp3) is 0.500. The number of carboxylic acids is 1. The van der Waals surface area contributed by atoms with Crippen molar-refractivity contribution in [1.29, 1.82) is 0 Å². The summed E-state index contributed by atoms with van der Waals surface area (Å²) in [5.74, 6) is 0.858. The van der Waals surface area contributed by atoms with Crippen molar-refractivity contribution >= 4 is 5.97 Å². The van der Waals surface area contributed by atoms with Crippen LogP contribution in [0.2, 0.25) is 0 Å². The van der Waals surface area contributed by atoms with Crippen molar-refractivity contribution in [2.75, 3.05) is 27.3 Å². The van der Waals surface area contributed by atoms with Gasteiger partial charge < -0.3 is 14.6 Å². The number of benzene rings is 1. The smallest absolute Gasteiger partial charge is 0.304 e. The molecule has 0 spiro atoms. The summed E-state index contributed by atoms with van der Waals surface area (Å²) in [6.45, 7) is 2.18. The lowest BCUT2D eigenvalue weighted by atomic mass is 9.98. The fourth-order valence-corrected chi connectivity index (χ4v) is 2.40. The van der Waals surface area contributed by atoms with Crippen molar-refractivity contribution in [2.45, 2.75) is 19.4 Å². The molecule has 5 nitrogen and oxygen atoms in total. The van der Waals surface area contributed by atoms with Gasteiger partial charge >= 0.3 is 5.97 Å². The molecule has 0 aromatic heterocycles. The molecule has 1 aromatic rings. The van der Waals surface area contributed by atoms with Gasteiger partial charge in [-0.1, -0.05) is 0 Å². The monoisotopic (exact) mass is 265 g/mol. The minimum absolute atomic E-state index is 0.174. The third-order valence-corrected chi connectivity index (χ3v) is 3.45. The van der Waals surface area contributed by atoms with Gasteiger partial charge in [0.2, 0.25) is 0 Å². The summed E-state index contributed by atoms with van der Waals surface area (Å²) in [6, 6.07) is 3.91. The van der Waals surface area contributed by atoms with Crippen LogP contribution >= 0.6 is 0 Å². The van der Waals surface area contributed by atoms with E-state index in [4.69, 9.17) is 14.6 Å². The third kappa shape index (κ3) is 3.17.